The first-order chi connectivity index (χ1) is 9.21. The number of benzene rings is 1. The molecule has 0 heterocycles. The SMILES string of the molecule is CCOc1ccc(Br)cc1CNCCN(CC)CC.Cl.Cl. The molecule has 1 aromatic carbocycles. The lowest BCUT2D eigenvalue weighted by Gasteiger charge is -2.18. The molecule has 0 aliphatic rings. The second-order valence-corrected chi connectivity index (χ2v) is 5.30. The predicted molar refractivity (Wildman–Crippen MR) is 99.3 cm³/mol. The van der Waals surface area contributed by atoms with Crippen molar-refractivity contribution in [1.82, 2.24) is 10.2 Å². The molecule has 0 saturated heterocycles. The van der Waals surface area contributed by atoms with Crippen LogP contribution in [0.4, 0.5) is 0 Å². The zero-order valence-electron chi connectivity index (χ0n) is 13.0. The van der Waals surface area contributed by atoms with E-state index in [9.17, 15) is 0 Å². The Balaban J connectivity index is 0. The van der Waals surface area contributed by atoms with Crippen LogP contribution in [0.15, 0.2) is 22.7 Å². The first-order valence-electron chi connectivity index (χ1n) is 7.05. The minimum absolute atomic E-state index is 0. The van der Waals surface area contributed by atoms with Crippen LogP contribution in [0.5, 0.6) is 5.75 Å². The summed E-state index contributed by atoms with van der Waals surface area (Å²) < 4.78 is 6.74. The van der Waals surface area contributed by atoms with Crippen LogP contribution in [0.3, 0.4) is 0 Å². The number of ether oxygens (including phenoxy) is 1. The summed E-state index contributed by atoms with van der Waals surface area (Å²) in [6.07, 6.45) is 0. The molecule has 124 valence electrons. The average Bonchev–Trinajstić information content (AvgIpc) is 2.42. The lowest BCUT2D eigenvalue weighted by molar-refractivity contribution is 0.301. The van der Waals surface area contributed by atoms with Crippen LogP contribution >= 0.6 is 40.7 Å². The first kappa shape index (κ1) is 23.3. The number of hydrogen-bond donors (Lipinski definition) is 1. The van der Waals surface area contributed by atoms with Gasteiger partial charge in [0.25, 0.3) is 0 Å². The van der Waals surface area contributed by atoms with E-state index < -0.39 is 0 Å². The first-order valence-corrected chi connectivity index (χ1v) is 7.84. The fourth-order valence-electron chi connectivity index (χ4n) is 1.98. The molecule has 0 aromatic heterocycles. The van der Waals surface area contributed by atoms with E-state index in [1.54, 1.807) is 0 Å². The Morgan fingerprint density at radius 2 is 1.81 bits per heavy atom. The molecule has 0 aliphatic heterocycles. The molecule has 0 amide bonds. The van der Waals surface area contributed by atoms with E-state index in [0.29, 0.717) is 6.61 Å². The van der Waals surface area contributed by atoms with Gasteiger partial charge in [-0.05, 0) is 38.2 Å². The summed E-state index contributed by atoms with van der Waals surface area (Å²) in [6, 6.07) is 6.16. The molecule has 3 nitrogen and oxygen atoms in total. The molecular formula is C15H27BrCl2N2O. The molecule has 1 aromatic rings. The van der Waals surface area contributed by atoms with Gasteiger partial charge in [0.1, 0.15) is 5.75 Å². The molecule has 0 fully saturated rings. The Bertz CT molecular complexity index is 377. The summed E-state index contributed by atoms with van der Waals surface area (Å²) in [5, 5.41) is 3.48. The van der Waals surface area contributed by atoms with E-state index in [4.69, 9.17) is 4.74 Å². The van der Waals surface area contributed by atoms with Gasteiger partial charge in [-0.15, -0.1) is 24.8 Å². The van der Waals surface area contributed by atoms with Gasteiger partial charge in [0, 0.05) is 29.7 Å². The van der Waals surface area contributed by atoms with Crippen molar-refractivity contribution in [2.75, 3.05) is 32.8 Å². The van der Waals surface area contributed by atoms with Gasteiger partial charge in [-0.1, -0.05) is 29.8 Å². The lowest BCUT2D eigenvalue weighted by atomic mass is 10.2. The molecule has 0 spiro atoms. The van der Waals surface area contributed by atoms with Gasteiger partial charge >= 0.3 is 0 Å². The smallest absolute Gasteiger partial charge is 0.123 e. The Morgan fingerprint density at radius 3 is 2.38 bits per heavy atom. The minimum Gasteiger partial charge on any atom is -0.494 e. The Morgan fingerprint density at radius 1 is 1.14 bits per heavy atom. The minimum atomic E-state index is 0. The van der Waals surface area contributed by atoms with Crippen molar-refractivity contribution < 1.29 is 4.74 Å². The maximum Gasteiger partial charge on any atom is 0.123 e. The normalized spacial score (nSPS) is 9.95. The van der Waals surface area contributed by atoms with E-state index in [1.807, 2.05) is 19.1 Å². The summed E-state index contributed by atoms with van der Waals surface area (Å²) in [5.74, 6) is 0.973. The van der Waals surface area contributed by atoms with Crippen molar-refractivity contribution in [3.63, 3.8) is 0 Å². The summed E-state index contributed by atoms with van der Waals surface area (Å²) in [5.41, 5.74) is 1.20. The molecule has 21 heavy (non-hydrogen) atoms. The molecule has 0 unspecified atom stereocenters. The maximum absolute atomic E-state index is 5.64. The largest absolute Gasteiger partial charge is 0.494 e. The van der Waals surface area contributed by atoms with Gasteiger partial charge in [0.15, 0.2) is 0 Å². The quantitative estimate of drug-likeness (QED) is 0.629. The van der Waals surface area contributed by atoms with Crippen molar-refractivity contribution >= 4 is 40.7 Å². The molecule has 0 aliphatic carbocycles. The molecule has 1 N–H and O–H groups in total. The summed E-state index contributed by atoms with van der Waals surface area (Å²) in [4.78, 5) is 2.41. The van der Waals surface area contributed by atoms with Crippen LogP contribution < -0.4 is 10.1 Å². The summed E-state index contributed by atoms with van der Waals surface area (Å²) in [7, 11) is 0. The fourth-order valence-corrected chi connectivity index (χ4v) is 2.39. The van der Waals surface area contributed by atoms with Crippen molar-refractivity contribution in [2.24, 2.45) is 0 Å². The molecule has 0 bridgehead atoms. The highest BCUT2D eigenvalue weighted by Gasteiger charge is 2.04. The fraction of sp³-hybridized carbons (Fsp3) is 0.600. The second-order valence-electron chi connectivity index (χ2n) is 4.39. The Kier molecular flexibility index (Phi) is 15.1. The topological polar surface area (TPSA) is 24.5 Å². The third-order valence-electron chi connectivity index (χ3n) is 3.14. The Labute approximate surface area is 149 Å². The van der Waals surface area contributed by atoms with Gasteiger partial charge < -0.3 is 15.0 Å². The van der Waals surface area contributed by atoms with Gasteiger partial charge in [-0.25, -0.2) is 0 Å². The van der Waals surface area contributed by atoms with Crippen LogP contribution in [-0.2, 0) is 6.54 Å². The van der Waals surface area contributed by atoms with E-state index in [2.05, 4.69) is 46.1 Å². The van der Waals surface area contributed by atoms with E-state index in [-0.39, 0.29) is 24.8 Å². The highest BCUT2D eigenvalue weighted by molar-refractivity contribution is 9.10. The van der Waals surface area contributed by atoms with Gasteiger partial charge in [0.2, 0.25) is 0 Å². The van der Waals surface area contributed by atoms with E-state index in [1.165, 1.54) is 5.56 Å². The third kappa shape index (κ3) is 8.89. The summed E-state index contributed by atoms with van der Waals surface area (Å²) in [6.45, 7) is 12.3. The predicted octanol–water partition coefficient (Wildman–Crippen LogP) is 4.12. The number of nitrogens with zero attached hydrogens (tertiary/aromatic N) is 1. The summed E-state index contributed by atoms with van der Waals surface area (Å²) >= 11 is 3.51. The number of halogens is 3. The standard InChI is InChI=1S/C15H25BrN2O.2ClH/c1-4-18(5-2)10-9-17-12-13-11-14(16)7-8-15(13)19-6-3;;/h7-8,11,17H,4-6,9-10,12H2,1-3H3;2*1H. The van der Waals surface area contributed by atoms with Crippen molar-refractivity contribution in [3.05, 3.63) is 28.2 Å². The zero-order valence-corrected chi connectivity index (χ0v) is 16.2. The van der Waals surface area contributed by atoms with Crippen molar-refractivity contribution in [3.8, 4) is 5.75 Å². The van der Waals surface area contributed by atoms with Crippen LogP contribution in [0.25, 0.3) is 0 Å². The monoisotopic (exact) mass is 400 g/mol. The number of rotatable bonds is 9. The maximum atomic E-state index is 5.64. The second kappa shape index (κ2) is 13.6. The van der Waals surface area contributed by atoms with E-state index >= 15 is 0 Å². The van der Waals surface area contributed by atoms with Crippen molar-refractivity contribution in [2.45, 2.75) is 27.3 Å². The molecule has 6 heteroatoms. The molecular weight excluding hydrogens is 375 g/mol. The van der Waals surface area contributed by atoms with Crippen molar-refractivity contribution in [1.29, 1.82) is 0 Å². The third-order valence-corrected chi connectivity index (χ3v) is 3.63. The molecule has 0 saturated carbocycles. The van der Waals surface area contributed by atoms with Crippen LogP contribution in [-0.4, -0.2) is 37.7 Å². The molecule has 1 rings (SSSR count). The highest BCUT2D eigenvalue weighted by atomic mass is 79.9. The van der Waals surface area contributed by atoms with Crippen LogP contribution in [0.1, 0.15) is 26.3 Å². The average molecular weight is 402 g/mol. The lowest BCUT2D eigenvalue weighted by Crippen LogP contribution is -2.31. The van der Waals surface area contributed by atoms with Crippen LogP contribution in [0, 0.1) is 0 Å². The number of hydrogen-bond acceptors (Lipinski definition) is 3. The number of likely N-dealkylation sites (N-methyl/N-ethyl adjacent to an activating group) is 1. The number of nitrogens with one attached hydrogen (secondary N) is 1. The molecule has 0 atom stereocenters. The zero-order chi connectivity index (χ0) is 14.1. The van der Waals surface area contributed by atoms with E-state index in [0.717, 1.165) is 42.9 Å². The van der Waals surface area contributed by atoms with Gasteiger partial charge in [0.05, 0.1) is 6.61 Å². The van der Waals surface area contributed by atoms with Crippen LogP contribution in [0.2, 0.25) is 0 Å². The molecule has 0 radical (unpaired) electrons. The Hall–Kier alpha value is -0.000000000000000222. The van der Waals surface area contributed by atoms with Gasteiger partial charge in [-0.3, -0.25) is 0 Å². The highest BCUT2D eigenvalue weighted by Crippen LogP contribution is 2.23. The van der Waals surface area contributed by atoms with Gasteiger partial charge in [-0.2, -0.15) is 0 Å².